The summed E-state index contributed by atoms with van der Waals surface area (Å²) in [6, 6.07) is 6.50. The highest BCUT2D eigenvalue weighted by atomic mass is 79.9. The van der Waals surface area contributed by atoms with Crippen molar-refractivity contribution in [2.75, 3.05) is 0 Å². The average Bonchev–Trinajstić information content (AvgIpc) is 2.01. The number of alkyl halides is 4. The number of rotatable bonds is 2. The zero-order chi connectivity index (χ0) is 10.8. The van der Waals surface area contributed by atoms with Gasteiger partial charge in [-0.05, 0) is 30.3 Å². The van der Waals surface area contributed by atoms with Gasteiger partial charge in [-0.1, -0.05) is 34.1 Å². The molecule has 1 aromatic carbocycles. The summed E-state index contributed by atoms with van der Waals surface area (Å²) in [4.78, 5) is 0.179. The Hall–Kier alpha value is -0.160. The van der Waals surface area contributed by atoms with Crippen LogP contribution in [0.25, 0.3) is 0 Å². The molecule has 0 heterocycles. The molecular weight excluding hydrogens is 277 g/mol. The van der Waals surface area contributed by atoms with Gasteiger partial charge >= 0.3 is 5.51 Å². The zero-order valence-electron chi connectivity index (χ0n) is 7.31. The van der Waals surface area contributed by atoms with Gasteiger partial charge in [-0.2, -0.15) is 13.2 Å². The van der Waals surface area contributed by atoms with E-state index in [0.29, 0.717) is 5.56 Å². The molecule has 0 bridgehead atoms. The molecule has 1 aromatic rings. The van der Waals surface area contributed by atoms with Crippen molar-refractivity contribution in [3.63, 3.8) is 0 Å². The molecule has 0 aliphatic rings. The fourth-order valence-electron chi connectivity index (χ4n) is 1.03. The van der Waals surface area contributed by atoms with E-state index in [0.717, 1.165) is 0 Å². The van der Waals surface area contributed by atoms with Crippen LogP contribution >= 0.6 is 27.7 Å². The molecule has 0 N–H and O–H groups in total. The van der Waals surface area contributed by atoms with E-state index in [1.165, 1.54) is 6.07 Å². The Morgan fingerprint density at radius 1 is 1.29 bits per heavy atom. The highest BCUT2D eigenvalue weighted by molar-refractivity contribution is 9.09. The molecule has 78 valence electrons. The molecule has 1 rings (SSSR count). The van der Waals surface area contributed by atoms with E-state index in [2.05, 4.69) is 15.9 Å². The number of benzene rings is 1. The summed E-state index contributed by atoms with van der Waals surface area (Å²) >= 11 is 3.19. The van der Waals surface area contributed by atoms with Crippen LogP contribution < -0.4 is 0 Å². The summed E-state index contributed by atoms with van der Waals surface area (Å²) in [5.74, 6) is 0. The molecule has 0 amide bonds. The molecule has 0 saturated carbocycles. The highest BCUT2D eigenvalue weighted by Crippen LogP contribution is 2.41. The molecule has 0 aliphatic heterocycles. The lowest BCUT2D eigenvalue weighted by atomic mass is 10.2. The van der Waals surface area contributed by atoms with Gasteiger partial charge in [-0.15, -0.1) is 0 Å². The van der Waals surface area contributed by atoms with Crippen LogP contribution in [-0.2, 0) is 0 Å². The van der Waals surface area contributed by atoms with Crippen molar-refractivity contribution in [2.45, 2.75) is 22.2 Å². The quantitative estimate of drug-likeness (QED) is 0.558. The van der Waals surface area contributed by atoms with Crippen molar-refractivity contribution in [3.8, 4) is 0 Å². The lowest BCUT2D eigenvalue weighted by molar-refractivity contribution is -0.0328. The van der Waals surface area contributed by atoms with Crippen LogP contribution in [0, 0.1) is 0 Å². The number of halogens is 4. The average molecular weight is 285 g/mol. The van der Waals surface area contributed by atoms with E-state index in [-0.39, 0.29) is 21.5 Å². The van der Waals surface area contributed by atoms with Crippen molar-refractivity contribution in [3.05, 3.63) is 29.8 Å². The Labute approximate surface area is 93.0 Å². The van der Waals surface area contributed by atoms with Crippen LogP contribution in [0.5, 0.6) is 0 Å². The smallest absolute Gasteiger partial charge is 0.160 e. The maximum atomic E-state index is 12.1. The number of hydrogen-bond acceptors (Lipinski definition) is 1. The molecule has 0 saturated heterocycles. The van der Waals surface area contributed by atoms with Gasteiger partial charge in [-0.3, -0.25) is 0 Å². The van der Waals surface area contributed by atoms with E-state index in [9.17, 15) is 13.2 Å². The minimum Gasteiger partial charge on any atom is -0.160 e. The van der Waals surface area contributed by atoms with Crippen molar-refractivity contribution >= 4 is 27.7 Å². The first-order valence-electron chi connectivity index (χ1n) is 3.89. The van der Waals surface area contributed by atoms with E-state index >= 15 is 0 Å². The lowest BCUT2D eigenvalue weighted by Gasteiger charge is -2.12. The van der Waals surface area contributed by atoms with Crippen molar-refractivity contribution in [1.82, 2.24) is 0 Å². The summed E-state index contributed by atoms with van der Waals surface area (Å²) in [7, 11) is 0. The first kappa shape index (κ1) is 11.9. The van der Waals surface area contributed by atoms with Gasteiger partial charge in [0.2, 0.25) is 0 Å². The predicted octanol–water partition coefficient (Wildman–Crippen LogP) is 4.75. The summed E-state index contributed by atoms with van der Waals surface area (Å²) < 4.78 is 36.4. The minimum atomic E-state index is -4.22. The second-order valence-electron chi connectivity index (χ2n) is 2.70. The fraction of sp³-hybridized carbons (Fsp3) is 0.333. The second kappa shape index (κ2) is 4.57. The van der Waals surface area contributed by atoms with Gasteiger partial charge in [0.05, 0.1) is 0 Å². The van der Waals surface area contributed by atoms with Crippen LogP contribution in [-0.4, -0.2) is 5.51 Å². The summed E-state index contributed by atoms with van der Waals surface area (Å²) in [6.45, 7) is 1.80. The van der Waals surface area contributed by atoms with Gasteiger partial charge in [0.25, 0.3) is 0 Å². The van der Waals surface area contributed by atoms with Crippen molar-refractivity contribution < 1.29 is 13.2 Å². The Morgan fingerprint density at radius 2 is 1.86 bits per heavy atom. The first-order valence-corrected chi connectivity index (χ1v) is 5.62. The Morgan fingerprint density at radius 3 is 2.36 bits per heavy atom. The van der Waals surface area contributed by atoms with Gasteiger partial charge in [0.15, 0.2) is 0 Å². The van der Waals surface area contributed by atoms with Crippen LogP contribution in [0.1, 0.15) is 17.3 Å². The van der Waals surface area contributed by atoms with Crippen LogP contribution in [0.15, 0.2) is 29.2 Å². The van der Waals surface area contributed by atoms with E-state index in [1.54, 1.807) is 25.1 Å². The van der Waals surface area contributed by atoms with Crippen LogP contribution in [0.2, 0.25) is 0 Å². The maximum Gasteiger partial charge on any atom is 0.446 e. The summed E-state index contributed by atoms with van der Waals surface area (Å²) in [5, 5.41) is 0. The molecular formula is C9H8BrF3S. The van der Waals surface area contributed by atoms with Gasteiger partial charge in [-0.25, -0.2) is 0 Å². The lowest BCUT2D eigenvalue weighted by Crippen LogP contribution is -2.01. The second-order valence-corrected chi connectivity index (χ2v) is 5.18. The molecule has 0 spiro atoms. The van der Waals surface area contributed by atoms with Gasteiger partial charge in [0.1, 0.15) is 0 Å². The maximum absolute atomic E-state index is 12.1. The first-order chi connectivity index (χ1) is 6.40. The fourth-order valence-corrected chi connectivity index (χ4v) is 2.34. The molecule has 0 fully saturated rings. The third-order valence-electron chi connectivity index (χ3n) is 1.57. The Balaban J connectivity index is 2.96. The highest BCUT2D eigenvalue weighted by Gasteiger charge is 2.30. The van der Waals surface area contributed by atoms with Gasteiger partial charge in [0, 0.05) is 9.72 Å². The third kappa shape index (κ3) is 3.53. The number of hydrogen-bond donors (Lipinski definition) is 0. The molecule has 5 heteroatoms. The Kier molecular flexibility index (Phi) is 3.89. The zero-order valence-corrected chi connectivity index (χ0v) is 9.71. The normalized spacial score (nSPS) is 14.1. The molecule has 14 heavy (non-hydrogen) atoms. The van der Waals surface area contributed by atoms with Crippen molar-refractivity contribution in [2.24, 2.45) is 0 Å². The number of thioether (sulfide) groups is 1. The molecule has 0 aliphatic carbocycles. The summed E-state index contributed by atoms with van der Waals surface area (Å²) in [5.41, 5.74) is -3.56. The van der Waals surface area contributed by atoms with E-state index in [1.807, 2.05) is 0 Å². The van der Waals surface area contributed by atoms with Crippen molar-refractivity contribution in [1.29, 1.82) is 0 Å². The monoisotopic (exact) mass is 284 g/mol. The largest absolute Gasteiger partial charge is 0.446 e. The molecule has 0 aromatic heterocycles. The molecule has 1 atom stereocenters. The summed E-state index contributed by atoms with van der Waals surface area (Å²) in [6.07, 6.45) is 0. The molecule has 1 unspecified atom stereocenters. The minimum absolute atomic E-state index is 0.0743. The topological polar surface area (TPSA) is 0 Å². The van der Waals surface area contributed by atoms with E-state index < -0.39 is 5.51 Å². The van der Waals surface area contributed by atoms with Gasteiger partial charge < -0.3 is 0 Å². The SMILES string of the molecule is CC(Br)c1ccccc1SC(F)(F)F. The van der Waals surface area contributed by atoms with Crippen LogP contribution in [0.3, 0.4) is 0 Å². The Bertz CT molecular complexity index is 309. The van der Waals surface area contributed by atoms with Crippen LogP contribution in [0.4, 0.5) is 13.2 Å². The molecule has 0 radical (unpaired) electrons. The predicted molar refractivity (Wildman–Crippen MR) is 55.7 cm³/mol. The third-order valence-corrected chi connectivity index (χ3v) is 2.89. The van der Waals surface area contributed by atoms with E-state index in [4.69, 9.17) is 0 Å². The molecule has 0 nitrogen and oxygen atoms in total. The standard InChI is InChI=1S/C9H8BrF3S/c1-6(10)7-4-2-3-5-8(7)14-9(11,12)13/h2-6H,1H3.